The Morgan fingerprint density at radius 3 is 2.36 bits per heavy atom. The summed E-state index contributed by atoms with van der Waals surface area (Å²) in [5.74, 6) is -0.844. The lowest BCUT2D eigenvalue weighted by Gasteiger charge is -2.14. The molecule has 0 aromatic heterocycles. The van der Waals surface area contributed by atoms with E-state index < -0.39 is 23.6 Å². The summed E-state index contributed by atoms with van der Waals surface area (Å²) in [6.07, 6.45) is -4.56. The maximum atomic E-state index is 13.1. The minimum Gasteiger partial charge on any atom is -0.325 e. The zero-order valence-electron chi connectivity index (χ0n) is 13.7. The summed E-state index contributed by atoms with van der Waals surface area (Å²) < 4.78 is 39.4. The summed E-state index contributed by atoms with van der Waals surface area (Å²) in [7, 11) is 0. The fraction of sp³-hybridized carbons (Fsp3) is 0.316. The standard InChI is InChI=1S/C19H17ClF3NO/c1-18(2)15(11-6-4-3-5-7-11)16(18)17(25)24-14-10-12(20)8-9-13(14)19(21,22)23/h3-10,15-16H,1-2H3,(H,24,25)/t15-,16+/m0/s1. The molecule has 3 rings (SSSR count). The molecule has 1 saturated carbocycles. The molecule has 25 heavy (non-hydrogen) atoms. The van der Waals surface area contributed by atoms with Gasteiger partial charge in [0.15, 0.2) is 0 Å². The van der Waals surface area contributed by atoms with E-state index in [1.54, 1.807) is 0 Å². The van der Waals surface area contributed by atoms with Crippen LogP contribution in [0.3, 0.4) is 0 Å². The van der Waals surface area contributed by atoms with Gasteiger partial charge in [0, 0.05) is 10.9 Å². The molecule has 1 amide bonds. The van der Waals surface area contributed by atoms with Crippen molar-refractivity contribution >= 4 is 23.2 Å². The van der Waals surface area contributed by atoms with Crippen molar-refractivity contribution in [3.8, 4) is 0 Å². The van der Waals surface area contributed by atoms with Gasteiger partial charge in [-0.2, -0.15) is 13.2 Å². The topological polar surface area (TPSA) is 29.1 Å². The van der Waals surface area contributed by atoms with Crippen molar-refractivity contribution < 1.29 is 18.0 Å². The molecule has 1 aliphatic rings. The number of benzene rings is 2. The number of rotatable bonds is 3. The average Bonchev–Trinajstić information content (AvgIpc) is 3.09. The molecule has 2 aromatic rings. The molecule has 6 heteroatoms. The Kier molecular flexibility index (Phi) is 4.31. The number of hydrogen-bond donors (Lipinski definition) is 1. The lowest BCUT2D eigenvalue weighted by molar-refractivity contribution is -0.137. The summed E-state index contributed by atoms with van der Waals surface area (Å²) in [5.41, 5.74) is -0.517. The van der Waals surface area contributed by atoms with Gasteiger partial charge in [0.25, 0.3) is 0 Å². The summed E-state index contributed by atoms with van der Waals surface area (Å²) in [6.45, 7) is 3.88. The normalized spacial score (nSPS) is 21.7. The Balaban J connectivity index is 1.86. The van der Waals surface area contributed by atoms with Crippen LogP contribution in [-0.2, 0) is 11.0 Å². The van der Waals surface area contributed by atoms with Crippen LogP contribution in [0.4, 0.5) is 18.9 Å². The number of hydrogen-bond acceptors (Lipinski definition) is 1. The SMILES string of the molecule is CC1(C)[C@@H](C(=O)Nc2cc(Cl)ccc2C(F)(F)F)[C@@H]1c1ccccc1. The van der Waals surface area contributed by atoms with Gasteiger partial charge < -0.3 is 5.32 Å². The molecule has 0 bridgehead atoms. The van der Waals surface area contributed by atoms with Gasteiger partial charge in [0.05, 0.1) is 17.2 Å². The van der Waals surface area contributed by atoms with Crippen LogP contribution >= 0.6 is 11.6 Å². The zero-order valence-corrected chi connectivity index (χ0v) is 14.4. The monoisotopic (exact) mass is 367 g/mol. The molecule has 0 heterocycles. The maximum absolute atomic E-state index is 13.1. The van der Waals surface area contributed by atoms with Gasteiger partial charge in [0.1, 0.15) is 0 Å². The summed E-state index contributed by atoms with van der Waals surface area (Å²) in [4.78, 5) is 12.6. The second-order valence-corrected chi connectivity index (χ2v) is 7.30. The van der Waals surface area contributed by atoms with Crippen molar-refractivity contribution in [1.82, 2.24) is 0 Å². The molecule has 2 nitrogen and oxygen atoms in total. The van der Waals surface area contributed by atoms with Crippen LogP contribution in [0.25, 0.3) is 0 Å². The quantitative estimate of drug-likeness (QED) is 0.736. The van der Waals surface area contributed by atoms with Crippen molar-refractivity contribution in [1.29, 1.82) is 0 Å². The van der Waals surface area contributed by atoms with Crippen LogP contribution in [0.15, 0.2) is 48.5 Å². The average molecular weight is 368 g/mol. The van der Waals surface area contributed by atoms with Crippen LogP contribution in [0.1, 0.15) is 30.9 Å². The van der Waals surface area contributed by atoms with Crippen LogP contribution in [0, 0.1) is 11.3 Å². The van der Waals surface area contributed by atoms with Crippen LogP contribution in [0.2, 0.25) is 5.02 Å². The first-order valence-corrected chi connectivity index (χ1v) is 8.22. The Morgan fingerprint density at radius 2 is 1.76 bits per heavy atom. The number of alkyl halides is 3. The third-order valence-electron chi connectivity index (χ3n) is 4.81. The third-order valence-corrected chi connectivity index (χ3v) is 5.05. The molecule has 0 saturated heterocycles. The van der Waals surface area contributed by atoms with Gasteiger partial charge in [-0.05, 0) is 29.2 Å². The van der Waals surface area contributed by atoms with Gasteiger partial charge >= 0.3 is 6.18 Å². The predicted molar refractivity (Wildman–Crippen MR) is 91.5 cm³/mol. The molecule has 2 aromatic carbocycles. The van der Waals surface area contributed by atoms with E-state index in [-0.39, 0.29) is 22.0 Å². The van der Waals surface area contributed by atoms with E-state index in [9.17, 15) is 18.0 Å². The number of nitrogens with one attached hydrogen (secondary N) is 1. The van der Waals surface area contributed by atoms with E-state index in [2.05, 4.69) is 5.32 Å². The fourth-order valence-electron chi connectivity index (χ4n) is 3.49. The summed E-state index contributed by atoms with van der Waals surface area (Å²) in [6, 6.07) is 12.7. The second kappa shape index (κ2) is 6.06. The summed E-state index contributed by atoms with van der Waals surface area (Å²) in [5, 5.41) is 2.57. The number of carbonyl (C=O) groups excluding carboxylic acids is 1. The van der Waals surface area contributed by atoms with E-state index in [1.807, 2.05) is 44.2 Å². The number of carbonyl (C=O) groups is 1. The molecule has 1 N–H and O–H groups in total. The van der Waals surface area contributed by atoms with Crippen molar-refractivity contribution in [2.75, 3.05) is 5.32 Å². The van der Waals surface area contributed by atoms with Gasteiger partial charge in [0.2, 0.25) is 5.91 Å². The first-order valence-electron chi connectivity index (χ1n) is 7.85. The number of anilines is 1. The van der Waals surface area contributed by atoms with Gasteiger partial charge in [-0.1, -0.05) is 55.8 Å². The fourth-order valence-corrected chi connectivity index (χ4v) is 3.66. The lowest BCUT2D eigenvalue weighted by Crippen LogP contribution is -2.20. The van der Waals surface area contributed by atoms with Crippen molar-refractivity contribution in [3.05, 3.63) is 64.7 Å². The molecular weight excluding hydrogens is 351 g/mol. The van der Waals surface area contributed by atoms with Crippen molar-refractivity contribution in [2.24, 2.45) is 11.3 Å². The Labute approximate surface area is 149 Å². The van der Waals surface area contributed by atoms with Gasteiger partial charge in [-0.3, -0.25) is 4.79 Å². The summed E-state index contributed by atoms with van der Waals surface area (Å²) >= 11 is 5.81. The zero-order chi connectivity index (χ0) is 18.4. The smallest absolute Gasteiger partial charge is 0.325 e. The van der Waals surface area contributed by atoms with E-state index in [0.717, 1.165) is 23.8 Å². The maximum Gasteiger partial charge on any atom is 0.418 e. The predicted octanol–water partition coefficient (Wildman–Crippen LogP) is 5.74. The highest BCUT2D eigenvalue weighted by molar-refractivity contribution is 6.31. The highest BCUT2D eigenvalue weighted by atomic mass is 35.5. The number of halogens is 4. The van der Waals surface area contributed by atoms with Crippen LogP contribution in [-0.4, -0.2) is 5.91 Å². The van der Waals surface area contributed by atoms with Gasteiger partial charge in [-0.25, -0.2) is 0 Å². The Morgan fingerprint density at radius 1 is 1.12 bits per heavy atom. The minimum atomic E-state index is -4.56. The second-order valence-electron chi connectivity index (χ2n) is 6.86. The molecule has 0 aliphatic heterocycles. The van der Waals surface area contributed by atoms with Crippen LogP contribution in [0.5, 0.6) is 0 Å². The molecule has 0 unspecified atom stereocenters. The highest BCUT2D eigenvalue weighted by Gasteiger charge is 2.62. The third kappa shape index (κ3) is 3.38. The Hall–Kier alpha value is -2.01. The molecule has 2 atom stereocenters. The highest BCUT2D eigenvalue weighted by Crippen LogP contribution is 2.64. The Bertz CT molecular complexity index is 802. The van der Waals surface area contributed by atoms with E-state index in [4.69, 9.17) is 11.6 Å². The van der Waals surface area contributed by atoms with E-state index >= 15 is 0 Å². The molecular formula is C19H17ClF3NO. The first kappa shape index (κ1) is 17.8. The van der Waals surface area contributed by atoms with Crippen molar-refractivity contribution in [2.45, 2.75) is 25.9 Å². The molecule has 0 radical (unpaired) electrons. The molecule has 132 valence electrons. The van der Waals surface area contributed by atoms with E-state index in [1.165, 1.54) is 0 Å². The minimum absolute atomic E-state index is 0.0257. The molecule has 0 spiro atoms. The van der Waals surface area contributed by atoms with Crippen LogP contribution < -0.4 is 5.32 Å². The first-order chi connectivity index (χ1) is 11.6. The largest absolute Gasteiger partial charge is 0.418 e. The van der Waals surface area contributed by atoms with E-state index in [0.29, 0.717) is 0 Å². The number of amides is 1. The lowest BCUT2D eigenvalue weighted by atomic mass is 10.0. The molecule has 1 fully saturated rings. The molecule has 1 aliphatic carbocycles. The van der Waals surface area contributed by atoms with Gasteiger partial charge in [-0.15, -0.1) is 0 Å². The van der Waals surface area contributed by atoms with Crippen molar-refractivity contribution in [3.63, 3.8) is 0 Å².